The lowest BCUT2D eigenvalue weighted by atomic mass is 10.1. The van der Waals surface area contributed by atoms with Crippen molar-refractivity contribution < 1.29 is 4.74 Å². The van der Waals surface area contributed by atoms with Crippen LogP contribution < -0.4 is 10.1 Å². The highest BCUT2D eigenvalue weighted by Gasteiger charge is 2.09. The number of fused-ring (bicyclic) bond motifs is 7. The first-order chi connectivity index (χ1) is 14.2. The van der Waals surface area contributed by atoms with Crippen LogP contribution in [0.5, 0.6) is 5.75 Å². The van der Waals surface area contributed by atoms with Crippen LogP contribution in [0.25, 0.3) is 11.3 Å². The molecule has 0 amide bonds. The number of hydrogen-bond acceptors (Lipinski definition) is 5. The number of nitrogens with zero attached hydrogens (tertiary/aromatic N) is 3. The molecule has 3 aromatic rings. The summed E-state index contributed by atoms with van der Waals surface area (Å²) in [6.45, 7) is 4.46. The van der Waals surface area contributed by atoms with Crippen LogP contribution in [0.2, 0.25) is 0 Å². The Morgan fingerprint density at radius 2 is 1.97 bits per heavy atom. The van der Waals surface area contributed by atoms with Gasteiger partial charge in [-0.05, 0) is 55.8 Å². The maximum atomic E-state index is 5.94. The average Bonchev–Trinajstić information content (AvgIpc) is 2.72. The smallest absolute Gasteiger partial charge is 0.227 e. The molecule has 0 saturated carbocycles. The molecule has 2 aromatic carbocycles. The van der Waals surface area contributed by atoms with Gasteiger partial charge in [-0.25, -0.2) is 9.97 Å². The van der Waals surface area contributed by atoms with Crippen LogP contribution in [0.1, 0.15) is 17.5 Å². The van der Waals surface area contributed by atoms with Gasteiger partial charge in [0.2, 0.25) is 5.95 Å². The van der Waals surface area contributed by atoms with Gasteiger partial charge in [-0.2, -0.15) is 0 Å². The molecule has 0 fully saturated rings. The number of aryl methyl sites for hydroxylation is 1. The fourth-order valence-electron chi connectivity index (χ4n) is 3.40. The van der Waals surface area contributed by atoms with Crippen LogP contribution in [0.3, 0.4) is 0 Å². The van der Waals surface area contributed by atoms with Gasteiger partial charge in [-0.1, -0.05) is 36.4 Å². The van der Waals surface area contributed by atoms with Crippen molar-refractivity contribution in [3.8, 4) is 17.0 Å². The van der Waals surface area contributed by atoms with E-state index in [9.17, 15) is 0 Å². The fraction of sp³-hybridized carbons (Fsp3) is 0.250. The van der Waals surface area contributed by atoms with Gasteiger partial charge < -0.3 is 10.1 Å². The Morgan fingerprint density at radius 1 is 1.07 bits per heavy atom. The molecule has 1 aliphatic rings. The van der Waals surface area contributed by atoms with E-state index in [0.717, 1.165) is 47.8 Å². The second kappa shape index (κ2) is 8.88. The Morgan fingerprint density at radius 3 is 2.90 bits per heavy atom. The normalized spacial score (nSPS) is 16.1. The first-order valence-electron chi connectivity index (χ1n) is 9.94. The Bertz CT molecular complexity index is 1020. The summed E-state index contributed by atoms with van der Waals surface area (Å²) in [5.74, 6) is 1.45. The van der Waals surface area contributed by atoms with Crippen LogP contribution >= 0.6 is 0 Å². The van der Waals surface area contributed by atoms with Gasteiger partial charge >= 0.3 is 0 Å². The molecule has 0 spiro atoms. The lowest BCUT2D eigenvalue weighted by Gasteiger charge is -2.16. The van der Waals surface area contributed by atoms with Gasteiger partial charge in [0.15, 0.2) is 0 Å². The SMILES string of the molecule is Cc1cnc2nc1-c1cccc(c1)OCC/C=C/CN(C)Cc1cccc(c1)N2. The summed E-state index contributed by atoms with van der Waals surface area (Å²) in [5, 5.41) is 3.35. The van der Waals surface area contributed by atoms with Crippen LogP contribution in [0, 0.1) is 6.92 Å². The molecule has 0 radical (unpaired) electrons. The lowest BCUT2D eigenvalue weighted by Crippen LogP contribution is -2.17. The van der Waals surface area contributed by atoms with Gasteiger partial charge in [0, 0.05) is 30.5 Å². The number of ether oxygens (including phenoxy) is 1. The molecular formula is C24H26N4O. The second-order valence-corrected chi connectivity index (χ2v) is 7.38. The van der Waals surface area contributed by atoms with E-state index in [-0.39, 0.29) is 0 Å². The zero-order valence-electron chi connectivity index (χ0n) is 16.9. The van der Waals surface area contributed by atoms with Crippen molar-refractivity contribution in [1.29, 1.82) is 0 Å². The third kappa shape index (κ3) is 5.00. The molecule has 5 heteroatoms. The summed E-state index contributed by atoms with van der Waals surface area (Å²) < 4.78 is 5.94. The molecule has 1 N–H and O–H groups in total. The highest BCUT2D eigenvalue weighted by molar-refractivity contribution is 5.66. The number of anilines is 2. The molecule has 1 aliphatic heterocycles. The molecule has 5 nitrogen and oxygen atoms in total. The number of likely N-dealkylation sites (N-methyl/N-ethyl adjacent to an activating group) is 1. The van der Waals surface area contributed by atoms with Crippen molar-refractivity contribution in [2.45, 2.75) is 19.9 Å². The van der Waals surface area contributed by atoms with Gasteiger partial charge in [0.05, 0.1) is 12.3 Å². The topological polar surface area (TPSA) is 50.3 Å². The zero-order chi connectivity index (χ0) is 20.1. The van der Waals surface area contributed by atoms with E-state index in [1.807, 2.05) is 37.4 Å². The number of benzene rings is 2. The number of aromatic nitrogens is 2. The fourth-order valence-corrected chi connectivity index (χ4v) is 3.40. The Balaban J connectivity index is 1.71. The summed E-state index contributed by atoms with van der Waals surface area (Å²) in [5.41, 5.74) is 5.19. The third-order valence-electron chi connectivity index (χ3n) is 4.85. The van der Waals surface area contributed by atoms with Crippen molar-refractivity contribution in [1.82, 2.24) is 14.9 Å². The Kier molecular flexibility index (Phi) is 5.86. The standard InChI is InChI=1S/C24H26N4O/c1-18-16-25-24-26-21-10-6-8-19(14-21)17-28(2)12-4-3-5-13-29-22-11-7-9-20(15-22)23(18)27-24/h3-4,6-11,14-16H,5,12-13,17H2,1-2H3,(H,25,26,27)/b4-3+. The maximum Gasteiger partial charge on any atom is 0.227 e. The molecule has 0 saturated heterocycles. The van der Waals surface area contributed by atoms with E-state index in [1.165, 1.54) is 5.56 Å². The summed E-state index contributed by atoms with van der Waals surface area (Å²) in [6, 6.07) is 16.5. The largest absolute Gasteiger partial charge is 0.493 e. The van der Waals surface area contributed by atoms with Gasteiger partial charge in [-0.15, -0.1) is 0 Å². The predicted molar refractivity (Wildman–Crippen MR) is 118 cm³/mol. The van der Waals surface area contributed by atoms with E-state index in [2.05, 4.69) is 58.7 Å². The van der Waals surface area contributed by atoms with Crippen molar-refractivity contribution in [3.63, 3.8) is 0 Å². The Hall–Kier alpha value is -3.18. The van der Waals surface area contributed by atoms with Crippen molar-refractivity contribution in [2.75, 3.05) is 25.5 Å². The monoisotopic (exact) mass is 386 g/mol. The van der Waals surface area contributed by atoms with Gasteiger partial charge in [0.1, 0.15) is 5.75 Å². The molecule has 148 valence electrons. The van der Waals surface area contributed by atoms with Crippen LogP contribution in [0.15, 0.2) is 66.9 Å². The molecule has 4 rings (SSSR count). The van der Waals surface area contributed by atoms with E-state index < -0.39 is 0 Å². The van der Waals surface area contributed by atoms with E-state index >= 15 is 0 Å². The number of nitrogens with one attached hydrogen (secondary N) is 1. The summed E-state index contributed by atoms with van der Waals surface area (Å²) >= 11 is 0. The van der Waals surface area contributed by atoms with Gasteiger partial charge in [-0.3, -0.25) is 4.90 Å². The maximum absolute atomic E-state index is 5.94. The molecule has 2 heterocycles. The molecule has 6 bridgehead atoms. The number of hydrogen-bond donors (Lipinski definition) is 1. The minimum Gasteiger partial charge on any atom is -0.493 e. The predicted octanol–water partition coefficient (Wildman–Crippen LogP) is 4.97. The summed E-state index contributed by atoms with van der Waals surface area (Å²) in [7, 11) is 2.13. The second-order valence-electron chi connectivity index (χ2n) is 7.38. The van der Waals surface area contributed by atoms with E-state index in [0.29, 0.717) is 12.6 Å². The first-order valence-corrected chi connectivity index (χ1v) is 9.94. The molecule has 0 atom stereocenters. The van der Waals surface area contributed by atoms with Crippen molar-refractivity contribution in [2.24, 2.45) is 0 Å². The van der Waals surface area contributed by atoms with Gasteiger partial charge in [0.25, 0.3) is 0 Å². The highest BCUT2D eigenvalue weighted by Crippen LogP contribution is 2.26. The molecule has 1 aromatic heterocycles. The highest BCUT2D eigenvalue weighted by atomic mass is 16.5. The molecular weight excluding hydrogens is 360 g/mol. The molecule has 29 heavy (non-hydrogen) atoms. The zero-order valence-corrected chi connectivity index (χ0v) is 16.9. The van der Waals surface area contributed by atoms with Crippen LogP contribution in [-0.4, -0.2) is 35.1 Å². The molecule has 0 aliphatic carbocycles. The Labute approximate surface area is 172 Å². The first kappa shape index (κ1) is 19.2. The number of rotatable bonds is 0. The van der Waals surface area contributed by atoms with Crippen LogP contribution in [-0.2, 0) is 6.54 Å². The van der Waals surface area contributed by atoms with E-state index in [1.54, 1.807) is 0 Å². The quantitative estimate of drug-likeness (QED) is 0.553. The third-order valence-corrected chi connectivity index (χ3v) is 4.85. The summed E-state index contributed by atoms with van der Waals surface area (Å²) in [6.07, 6.45) is 7.13. The van der Waals surface area contributed by atoms with Crippen molar-refractivity contribution >= 4 is 11.6 Å². The molecule has 0 unspecified atom stereocenters. The van der Waals surface area contributed by atoms with E-state index in [4.69, 9.17) is 9.72 Å². The summed E-state index contributed by atoms with van der Waals surface area (Å²) in [4.78, 5) is 11.5. The van der Waals surface area contributed by atoms with Crippen LogP contribution in [0.4, 0.5) is 11.6 Å². The lowest BCUT2D eigenvalue weighted by molar-refractivity contribution is 0.324. The minimum absolute atomic E-state index is 0.589. The van der Waals surface area contributed by atoms with Crippen molar-refractivity contribution in [3.05, 3.63) is 78.0 Å². The minimum atomic E-state index is 0.589. The average molecular weight is 386 g/mol.